The molecule has 0 bridgehead atoms. The minimum absolute atomic E-state index is 0.0164. The van der Waals surface area contributed by atoms with Crippen LogP contribution in [-0.4, -0.2) is 42.6 Å². The number of aromatic nitrogens is 4. The van der Waals surface area contributed by atoms with Crippen LogP contribution in [-0.2, 0) is 6.54 Å². The minimum Gasteiger partial charge on any atom is -0.332 e. The van der Waals surface area contributed by atoms with E-state index in [-0.39, 0.29) is 11.9 Å². The standard InChI is InChI=1S/C18H21N5O/c1-13-5-7-21-12-16(20-17(21)8-13)18(24)23-6-3-4-15(23)11-22-10-14(2)9-19-22/h5,7-10,12,15H,3-4,6,11H2,1-2H3/t15-/m1/s1. The van der Waals surface area contributed by atoms with Crippen LogP contribution < -0.4 is 0 Å². The molecule has 1 aliphatic rings. The van der Waals surface area contributed by atoms with Crippen LogP contribution in [0.5, 0.6) is 0 Å². The molecule has 1 amide bonds. The molecule has 1 atom stereocenters. The summed E-state index contributed by atoms with van der Waals surface area (Å²) >= 11 is 0. The van der Waals surface area contributed by atoms with Gasteiger partial charge in [-0.05, 0) is 49.9 Å². The maximum atomic E-state index is 12.9. The number of carbonyl (C=O) groups is 1. The molecule has 1 saturated heterocycles. The zero-order valence-corrected chi connectivity index (χ0v) is 14.0. The number of hydrogen-bond acceptors (Lipinski definition) is 3. The van der Waals surface area contributed by atoms with Crippen LogP contribution in [0.3, 0.4) is 0 Å². The molecule has 0 N–H and O–H groups in total. The fourth-order valence-corrected chi connectivity index (χ4v) is 3.41. The normalized spacial score (nSPS) is 17.8. The third kappa shape index (κ3) is 2.68. The highest BCUT2D eigenvalue weighted by atomic mass is 16.2. The molecule has 0 unspecified atom stereocenters. The first kappa shape index (κ1) is 14.9. The van der Waals surface area contributed by atoms with Crippen molar-refractivity contribution in [3.05, 3.63) is 53.7 Å². The van der Waals surface area contributed by atoms with Crippen molar-refractivity contribution in [2.24, 2.45) is 0 Å². The lowest BCUT2D eigenvalue weighted by atomic mass is 10.2. The van der Waals surface area contributed by atoms with E-state index in [9.17, 15) is 4.79 Å². The summed E-state index contributed by atoms with van der Waals surface area (Å²) in [7, 11) is 0. The molecular weight excluding hydrogens is 302 g/mol. The number of likely N-dealkylation sites (tertiary alicyclic amines) is 1. The number of aryl methyl sites for hydroxylation is 2. The Labute approximate surface area is 140 Å². The van der Waals surface area contributed by atoms with E-state index in [0.717, 1.165) is 42.7 Å². The second-order valence-corrected chi connectivity index (χ2v) is 6.63. The number of pyridine rings is 1. The van der Waals surface area contributed by atoms with Gasteiger partial charge in [-0.2, -0.15) is 5.10 Å². The summed E-state index contributed by atoms with van der Waals surface area (Å²) in [6.07, 6.45) is 9.69. The van der Waals surface area contributed by atoms with E-state index >= 15 is 0 Å². The van der Waals surface area contributed by atoms with Crippen LogP contribution in [0.15, 0.2) is 36.9 Å². The number of fused-ring (bicyclic) bond motifs is 1. The summed E-state index contributed by atoms with van der Waals surface area (Å²) in [4.78, 5) is 19.4. The molecule has 0 aromatic carbocycles. The lowest BCUT2D eigenvalue weighted by Crippen LogP contribution is -2.38. The molecule has 6 nitrogen and oxygen atoms in total. The first-order valence-corrected chi connectivity index (χ1v) is 8.35. The van der Waals surface area contributed by atoms with Gasteiger partial charge < -0.3 is 9.30 Å². The number of hydrogen-bond donors (Lipinski definition) is 0. The predicted octanol–water partition coefficient (Wildman–Crippen LogP) is 2.45. The van der Waals surface area contributed by atoms with Gasteiger partial charge in [0.2, 0.25) is 0 Å². The van der Waals surface area contributed by atoms with Gasteiger partial charge in [-0.1, -0.05) is 0 Å². The van der Waals surface area contributed by atoms with E-state index in [1.807, 2.05) is 64.7 Å². The molecule has 4 rings (SSSR count). The number of amides is 1. The summed E-state index contributed by atoms with van der Waals surface area (Å²) < 4.78 is 3.83. The van der Waals surface area contributed by atoms with Crippen molar-refractivity contribution in [1.29, 1.82) is 0 Å². The van der Waals surface area contributed by atoms with Crippen molar-refractivity contribution >= 4 is 11.6 Å². The second kappa shape index (κ2) is 5.78. The quantitative estimate of drug-likeness (QED) is 0.744. The fraction of sp³-hybridized carbons (Fsp3) is 0.389. The topological polar surface area (TPSA) is 55.4 Å². The van der Waals surface area contributed by atoms with Gasteiger partial charge in [0.15, 0.2) is 0 Å². The van der Waals surface area contributed by atoms with Crippen molar-refractivity contribution in [3.63, 3.8) is 0 Å². The van der Waals surface area contributed by atoms with Crippen molar-refractivity contribution in [2.45, 2.75) is 39.3 Å². The van der Waals surface area contributed by atoms with Crippen molar-refractivity contribution in [2.75, 3.05) is 6.54 Å². The van der Waals surface area contributed by atoms with E-state index in [1.165, 1.54) is 0 Å². The Kier molecular flexibility index (Phi) is 3.59. The number of nitrogens with zero attached hydrogens (tertiary/aromatic N) is 5. The highest BCUT2D eigenvalue weighted by Crippen LogP contribution is 2.21. The van der Waals surface area contributed by atoms with Crippen LogP contribution >= 0.6 is 0 Å². The second-order valence-electron chi connectivity index (χ2n) is 6.63. The summed E-state index contributed by atoms with van der Waals surface area (Å²) in [6.45, 7) is 5.58. The Morgan fingerprint density at radius 2 is 2.17 bits per heavy atom. The van der Waals surface area contributed by atoms with Gasteiger partial charge in [-0.15, -0.1) is 0 Å². The summed E-state index contributed by atoms with van der Waals surface area (Å²) in [5.41, 5.74) is 3.61. The molecule has 0 spiro atoms. The molecule has 24 heavy (non-hydrogen) atoms. The molecule has 0 aliphatic carbocycles. The van der Waals surface area contributed by atoms with E-state index in [4.69, 9.17) is 0 Å². The monoisotopic (exact) mass is 323 g/mol. The van der Waals surface area contributed by atoms with Gasteiger partial charge in [0.05, 0.1) is 18.8 Å². The lowest BCUT2D eigenvalue weighted by Gasteiger charge is -2.23. The molecule has 6 heteroatoms. The van der Waals surface area contributed by atoms with Gasteiger partial charge >= 0.3 is 0 Å². The number of rotatable bonds is 3. The Hall–Kier alpha value is -2.63. The van der Waals surface area contributed by atoms with Crippen molar-refractivity contribution in [3.8, 4) is 0 Å². The lowest BCUT2D eigenvalue weighted by molar-refractivity contribution is 0.0716. The maximum Gasteiger partial charge on any atom is 0.274 e. The zero-order valence-electron chi connectivity index (χ0n) is 14.0. The Balaban J connectivity index is 1.57. The first-order chi connectivity index (χ1) is 11.6. The number of carbonyl (C=O) groups excluding carboxylic acids is 1. The molecule has 1 aliphatic heterocycles. The molecule has 0 saturated carbocycles. The number of imidazole rings is 1. The highest BCUT2D eigenvalue weighted by molar-refractivity contribution is 5.93. The van der Waals surface area contributed by atoms with Crippen LogP contribution in [0.2, 0.25) is 0 Å². The van der Waals surface area contributed by atoms with Crippen LogP contribution in [0.1, 0.15) is 34.5 Å². The Morgan fingerprint density at radius 1 is 1.29 bits per heavy atom. The van der Waals surface area contributed by atoms with E-state index in [1.54, 1.807) is 0 Å². The van der Waals surface area contributed by atoms with Crippen molar-refractivity contribution in [1.82, 2.24) is 24.1 Å². The smallest absolute Gasteiger partial charge is 0.274 e. The van der Waals surface area contributed by atoms with Crippen LogP contribution in [0.25, 0.3) is 5.65 Å². The van der Waals surface area contributed by atoms with E-state index in [0.29, 0.717) is 5.69 Å². The third-order valence-electron chi connectivity index (χ3n) is 4.63. The molecule has 3 aromatic rings. The molecule has 0 radical (unpaired) electrons. The van der Waals surface area contributed by atoms with Gasteiger partial charge in [0.25, 0.3) is 5.91 Å². The fourth-order valence-electron chi connectivity index (χ4n) is 3.41. The maximum absolute atomic E-state index is 12.9. The average molecular weight is 323 g/mol. The van der Waals surface area contributed by atoms with Crippen molar-refractivity contribution < 1.29 is 4.79 Å². The Morgan fingerprint density at radius 3 is 2.96 bits per heavy atom. The average Bonchev–Trinajstić information content (AvgIpc) is 3.26. The largest absolute Gasteiger partial charge is 0.332 e. The molecular formula is C18H21N5O. The SMILES string of the molecule is Cc1ccn2cc(C(=O)N3CCC[C@@H]3Cn3cc(C)cn3)nc2c1. The van der Waals surface area contributed by atoms with Gasteiger partial charge in [0, 0.05) is 25.1 Å². The van der Waals surface area contributed by atoms with Gasteiger partial charge in [0.1, 0.15) is 11.3 Å². The minimum atomic E-state index is 0.0164. The van der Waals surface area contributed by atoms with Gasteiger partial charge in [-0.25, -0.2) is 4.98 Å². The molecule has 3 aromatic heterocycles. The molecule has 4 heterocycles. The van der Waals surface area contributed by atoms with Crippen LogP contribution in [0, 0.1) is 13.8 Å². The zero-order chi connectivity index (χ0) is 16.7. The predicted molar refractivity (Wildman–Crippen MR) is 91.0 cm³/mol. The van der Waals surface area contributed by atoms with E-state index < -0.39 is 0 Å². The van der Waals surface area contributed by atoms with Gasteiger partial charge in [-0.3, -0.25) is 9.48 Å². The highest BCUT2D eigenvalue weighted by Gasteiger charge is 2.31. The summed E-state index contributed by atoms with van der Waals surface area (Å²) in [5, 5.41) is 4.35. The third-order valence-corrected chi connectivity index (χ3v) is 4.63. The first-order valence-electron chi connectivity index (χ1n) is 8.35. The summed E-state index contributed by atoms with van der Waals surface area (Å²) in [6, 6.07) is 4.19. The van der Waals surface area contributed by atoms with Crippen LogP contribution in [0.4, 0.5) is 0 Å². The molecule has 124 valence electrons. The molecule has 1 fully saturated rings. The summed E-state index contributed by atoms with van der Waals surface area (Å²) in [5.74, 6) is 0.0164. The van der Waals surface area contributed by atoms with E-state index in [2.05, 4.69) is 10.1 Å². The Bertz CT molecular complexity index is 894.